The van der Waals surface area contributed by atoms with Crippen molar-refractivity contribution in [1.29, 1.82) is 0 Å². The topological polar surface area (TPSA) is 58.4 Å². The minimum Gasteiger partial charge on any atom is -0.497 e. The van der Waals surface area contributed by atoms with Crippen LogP contribution in [-0.2, 0) is 6.54 Å². The Morgan fingerprint density at radius 2 is 1.58 bits per heavy atom. The van der Waals surface area contributed by atoms with E-state index in [4.69, 9.17) is 14.2 Å². The lowest BCUT2D eigenvalue weighted by atomic mass is 10.0. The number of methoxy groups -OCH3 is 1. The highest BCUT2D eigenvalue weighted by Gasteiger charge is 2.23. The molecule has 0 saturated heterocycles. The van der Waals surface area contributed by atoms with Crippen molar-refractivity contribution in [1.82, 2.24) is 14.8 Å². The quantitative estimate of drug-likeness (QED) is 0.380. The molecule has 0 spiro atoms. The summed E-state index contributed by atoms with van der Waals surface area (Å²) >= 11 is 0. The van der Waals surface area contributed by atoms with Crippen LogP contribution >= 0.6 is 0 Å². The first-order valence-electron chi connectivity index (χ1n) is 11.0. The fraction of sp³-hybridized carbons (Fsp3) is 0.185. The first-order valence-corrected chi connectivity index (χ1v) is 11.0. The Kier molecular flexibility index (Phi) is 4.64. The van der Waals surface area contributed by atoms with Gasteiger partial charge in [0.05, 0.1) is 12.6 Å². The molecule has 0 N–H and O–H groups in total. The van der Waals surface area contributed by atoms with Crippen molar-refractivity contribution in [3.63, 3.8) is 0 Å². The predicted molar refractivity (Wildman–Crippen MR) is 127 cm³/mol. The van der Waals surface area contributed by atoms with Gasteiger partial charge in [0.2, 0.25) is 0 Å². The second-order valence-electron chi connectivity index (χ2n) is 8.30. The zero-order valence-electron chi connectivity index (χ0n) is 18.5. The van der Waals surface area contributed by atoms with Crippen LogP contribution in [0.15, 0.2) is 66.9 Å². The number of nitrogens with zero attached hydrogens (tertiary/aromatic N) is 3. The monoisotopic (exact) mass is 437 g/mol. The number of ether oxygens (including phenoxy) is 3. The van der Waals surface area contributed by atoms with Gasteiger partial charge in [-0.2, -0.15) is 0 Å². The van der Waals surface area contributed by atoms with Crippen molar-refractivity contribution in [3.8, 4) is 39.8 Å². The summed E-state index contributed by atoms with van der Waals surface area (Å²) in [4.78, 5) is 0. The van der Waals surface area contributed by atoms with Crippen LogP contribution in [0.2, 0.25) is 0 Å². The number of pyridine rings is 1. The number of benzene rings is 3. The molecule has 164 valence electrons. The summed E-state index contributed by atoms with van der Waals surface area (Å²) in [5, 5.41) is 10.2. The van der Waals surface area contributed by atoms with Gasteiger partial charge in [0.1, 0.15) is 30.4 Å². The maximum Gasteiger partial charge on any atom is 0.163 e. The van der Waals surface area contributed by atoms with Crippen molar-refractivity contribution in [2.75, 3.05) is 20.3 Å². The van der Waals surface area contributed by atoms with Crippen LogP contribution in [0.25, 0.3) is 33.4 Å². The molecule has 0 aliphatic carbocycles. The standard InChI is InChI=1S/C27H23N3O3/c1-17-3-7-19(8-4-17)26-22-16-30(15-18-5-9-20(31-2)10-6-18)23-14-25-24(32-11-12-33-25)13-21(23)27(22)29-28-26/h3-10,13-14,16H,11-12,15H2,1-2H3. The van der Waals surface area contributed by atoms with Gasteiger partial charge < -0.3 is 18.8 Å². The van der Waals surface area contributed by atoms with E-state index in [0.717, 1.165) is 50.7 Å². The Bertz CT molecular complexity index is 1420. The third-order valence-electron chi connectivity index (χ3n) is 6.11. The highest BCUT2D eigenvalue weighted by Crippen LogP contribution is 2.41. The van der Waals surface area contributed by atoms with Gasteiger partial charge in [0.25, 0.3) is 0 Å². The smallest absolute Gasteiger partial charge is 0.163 e. The van der Waals surface area contributed by atoms with Crippen LogP contribution in [0, 0.1) is 6.92 Å². The lowest BCUT2D eigenvalue weighted by molar-refractivity contribution is 0.172. The Morgan fingerprint density at radius 3 is 2.30 bits per heavy atom. The molecule has 3 aliphatic heterocycles. The molecular formula is C27H23N3O3. The van der Waals surface area contributed by atoms with E-state index in [2.05, 4.69) is 64.3 Å². The van der Waals surface area contributed by atoms with Gasteiger partial charge in [0, 0.05) is 35.3 Å². The minimum absolute atomic E-state index is 0.543. The molecule has 3 heterocycles. The normalized spacial score (nSPS) is 12.9. The summed E-state index contributed by atoms with van der Waals surface area (Å²) in [6.45, 7) is 3.86. The van der Waals surface area contributed by atoms with Crippen LogP contribution in [0.1, 0.15) is 11.1 Å². The Labute approximate surface area is 191 Å². The lowest BCUT2D eigenvalue weighted by Gasteiger charge is -2.21. The molecule has 0 saturated carbocycles. The summed E-state index contributed by atoms with van der Waals surface area (Å²) in [5.41, 5.74) is 7.21. The van der Waals surface area contributed by atoms with E-state index in [0.29, 0.717) is 19.8 Å². The number of aromatic nitrogens is 3. The molecule has 0 aromatic heterocycles. The molecule has 0 bridgehead atoms. The van der Waals surface area contributed by atoms with Gasteiger partial charge in [0.15, 0.2) is 11.5 Å². The van der Waals surface area contributed by atoms with Crippen molar-refractivity contribution in [2.24, 2.45) is 0 Å². The fourth-order valence-corrected chi connectivity index (χ4v) is 4.35. The van der Waals surface area contributed by atoms with E-state index in [1.54, 1.807) is 7.11 Å². The average Bonchev–Trinajstić information content (AvgIpc) is 3.28. The number of rotatable bonds is 4. The van der Waals surface area contributed by atoms with Gasteiger partial charge >= 0.3 is 0 Å². The van der Waals surface area contributed by atoms with E-state index >= 15 is 0 Å². The molecule has 6 rings (SSSR count). The Hall–Kier alpha value is -4.06. The zero-order valence-corrected chi connectivity index (χ0v) is 18.5. The summed E-state index contributed by atoms with van der Waals surface area (Å²) < 4.78 is 19.3. The molecule has 6 nitrogen and oxygen atoms in total. The number of fused-ring (bicyclic) bond motifs is 4. The summed E-state index contributed by atoms with van der Waals surface area (Å²) in [6.07, 6.45) is 2.15. The van der Waals surface area contributed by atoms with Crippen molar-refractivity contribution < 1.29 is 14.2 Å². The van der Waals surface area contributed by atoms with Crippen molar-refractivity contribution in [3.05, 3.63) is 78.0 Å². The molecule has 3 aromatic rings. The molecule has 0 radical (unpaired) electrons. The Morgan fingerprint density at radius 1 is 0.879 bits per heavy atom. The molecule has 6 heteroatoms. The van der Waals surface area contributed by atoms with Crippen LogP contribution < -0.4 is 14.2 Å². The third kappa shape index (κ3) is 3.44. The van der Waals surface area contributed by atoms with Gasteiger partial charge in [-0.15, -0.1) is 10.2 Å². The van der Waals surface area contributed by atoms with E-state index in [-0.39, 0.29) is 0 Å². The van der Waals surface area contributed by atoms with Gasteiger partial charge in [-0.3, -0.25) is 0 Å². The van der Waals surface area contributed by atoms with Gasteiger partial charge in [-0.1, -0.05) is 42.0 Å². The van der Waals surface area contributed by atoms with Crippen molar-refractivity contribution in [2.45, 2.75) is 13.5 Å². The molecule has 0 unspecified atom stereocenters. The first kappa shape index (κ1) is 19.6. The molecule has 3 aromatic carbocycles. The second kappa shape index (κ2) is 7.81. The van der Waals surface area contributed by atoms with Gasteiger partial charge in [-0.05, 0) is 30.7 Å². The second-order valence-corrected chi connectivity index (χ2v) is 8.30. The molecule has 0 amide bonds. The molecule has 0 atom stereocenters. The lowest BCUT2D eigenvalue weighted by Crippen LogP contribution is -2.15. The summed E-state index contributed by atoms with van der Waals surface area (Å²) in [6, 6.07) is 20.6. The number of hydrogen-bond donors (Lipinski definition) is 0. The average molecular weight is 437 g/mol. The van der Waals surface area contributed by atoms with Crippen LogP contribution in [-0.4, -0.2) is 35.1 Å². The highest BCUT2D eigenvalue weighted by atomic mass is 16.6. The SMILES string of the molecule is COc1ccc(Cn2cc3c(-c4ccc(C)cc4)nnc-3c3cc4c(cc32)OCCO4)cc1. The maximum atomic E-state index is 5.87. The summed E-state index contributed by atoms with van der Waals surface area (Å²) in [5.74, 6) is 2.35. The number of aryl methyl sites for hydroxylation is 1. The van der Waals surface area contributed by atoms with E-state index < -0.39 is 0 Å². The Balaban J connectivity index is 1.56. The van der Waals surface area contributed by atoms with E-state index in [9.17, 15) is 0 Å². The maximum absolute atomic E-state index is 5.87. The zero-order chi connectivity index (χ0) is 22.4. The number of hydrogen-bond acceptors (Lipinski definition) is 5. The van der Waals surface area contributed by atoms with E-state index in [1.807, 2.05) is 24.3 Å². The minimum atomic E-state index is 0.543. The van der Waals surface area contributed by atoms with Gasteiger partial charge in [-0.25, -0.2) is 0 Å². The molecule has 3 aliphatic rings. The first-order chi connectivity index (χ1) is 16.2. The molecule has 33 heavy (non-hydrogen) atoms. The van der Waals surface area contributed by atoms with Crippen LogP contribution in [0.5, 0.6) is 17.2 Å². The molecular weight excluding hydrogens is 414 g/mol. The summed E-state index contributed by atoms with van der Waals surface area (Å²) in [7, 11) is 1.68. The van der Waals surface area contributed by atoms with Crippen LogP contribution in [0.3, 0.4) is 0 Å². The highest BCUT2D eigenvalue weighted by molar-refractivity contribution is 5.99. The fourth-order valence-electron chi connectivity index (χ4n) is 4.35. The molecule has 0 fully saturated rings. The van der Waals surface area contributed by atoms with Crippen molar-refractivity contribution >= 4 is 10.9 Å². The van der Waals surface area contributed by atoms with E-state index in [1.165, 1.54) is 11.1 Å². The van der Waals surface area contributed by atoms with Crippen LogP contribution in [0.4, 0.5) is 0 Å². The third-order valence-corrected chi connectivity index (χ3v) is 6.11. The largest absolute Gasteiger partial charge is 0.497 e. The predicted octanol–water partition coefficient (Wildman–Crippen LogP) is 5.34.